The molecule has 2 heterocycles. The van der Waals surface area contributed by atoms with Crippen LogP contribution in [0.1, 0.15) is 27.7 Å². The SMILES string of the molecule is CC(=O)OC[C@H]1O[C@H]([C@H]2C=CC(=O)O2)[C@H](OC(C)=O)[C@@H](OC(C)=O)[C@@H]1OC(C)=O. The zero-order valence-electron chi connectivity index (χ0n) is 16.3. The molecule has 160 valence electrons. The van der Waals surface area contributed by atoms with Gasteiger partial charge in [-0.15, -0.1) is 0 Å². The van der Waals surface area contributed by atoms with Gasteiger partial charge in [-0.1, -0.05) is 0 Å². The van der Waals surface area contributed by atoms with Crippen molar-refractivity contribution < 1.29 is 52.4 Å². The van der Waals surface area contributed by atoms with E-state index in [2.05, 4.69) is 0 Å². The minimum atomic E-state index is -1.30. The molecule has 1 fully saturated rings. The minimum absolute atomic E-state index is 0.348. The van der Waals surface area contributed by atoms with Crippen LogP contribution in [0.4, 0.5) is 0 Å². The van der Waals surface area contributed by atoms with Crippen molar-refractivity contribution in [1.29, 1.82) is 0 Å². The average molecular weight is 414 g/mol. The molecule has 6 atom stereocenters. The quantitative estimate of drug-likeness (QED) is 0.414. The molecule has 1 saturated heterocycles. The third kappa shape index (κ3) is 6.01. The van der Waals surface area contributed by atoms with E-state index in [0.717, 1.165) is 20.8 Å². The topological polar surface area (TPSA) is 141 Å². The second-order valence-corrected chi connectivity index (χ2v) is 6.42. The molecule has 2 aliphatic rings. The molecule has 0 aromatic rings. The van der Waals surface area contributed by atoms with Crippen molar-refractivity contribution in [2.75, 3.05) is 6.61 Å². The zero-order valence-corrected chi connectivity index (χ0v) is 16.3. The largest absolute Gasteiger partial charge is 0.463 e. The van der Waals surface area contributed by atoms with Crippen molar-refractivity contribution in [3.8, 4) is 0 Å². The standard InChI is InChI=1S/C18H22O11/c1-8(19)24-7-13-16(25-9(2)20)18(27-11(4)22)17(26-10(3)21)15(29-13)12-5-6-14(23)28-12/h5-6,12-13,15-18H,7H2,1-4H3/t12-,13-,15-,16-,17+,18+/m1/s1. The normalized spacial score (nSPS) is 30.8. The van der Waals surface area contributed by atoms with E-state index in [4.69, 9.17) is 28.4 Å². The van der Waals surface area contributed by atoms with Crippen LogP contribution in [-0.2, 0) is 52.4 Å². The Kier molecular flexibility index (Phi) is 7.32. The maximum absolute atomic E-state index is 11.7. The molecular weight excluding hydrogens is 392 g/mol. The number of hydrogen-bond acceptors (Lipinski definition) is 11. The van der Waals surface area contributed by atoms with Crippen molar-refractivity contribution in [2.24, 2.45) is 0 Å². The summed E-state index contributed by atoms with van der Waals surface area (Å²) < 4.78 is 31.8. The molecule has 0 spiro atoms. The summed E-state index contributed by atoms with van der Waals surface area (Å²) in [5.41, 5.74) is 0. The van der Waals surface area contributed by atoms with Crippen molar-refractivity contribution in [2.45, 2.75) is 64.3 Å². The van der Waals surface area contributed by atoms with E-state index in [1.54, 1.807) is 0 Å². The first-order valence-corrected chi connectivity index (χ1v) is 8.77. The van der Waals surface area contributed by atoms with Gasteiger partial charge in [-0.2, -0.15) is 0 Å². The van der Waals surface area contributed by atoms with Crippen LogP contribution in [0, 0.1) is 0 Å². The fourth-order valence-corrected chi connectivity index (χ4v) is 3.09. The number of esters is 5. The highest BCUT2D eigenvalue weighted by Crippen LogP contribution is 2.32. The van der Waals surface area contributed by atoms with Crippen molar-refractivity contribution in [3.05, 3.63) is 12.2 Å². The molecule has 0 aromatic carbocycles. The molecule has 0 saturated carbocycles. The van der Waals surface area contributed by atoms with Crippen molar-refractivity contribution >= 4 is 29.8 Å². The predicted molar refractivity (Wildman–Crippen MR) is 91.0 cm³/mol. The summed E-state index contributed by atoms with van der Waals surface area (Å²) in [6, 6.07) is 0. The minimum Gasteiger partial charge on any atom is -0.463 e. The first-order valence-electron chi connectivity index (χ1n) is 8.77. The van der Waals surface area contributed by atoms with E-state index < -0.39 is 66.5 Å². The molecule has 29 heavy (non-hydrogen) atoms. The lowest BCUT2D eigenvalue weighted by molar-refractivity contribution is -0.262. The first-order chi connectivity index (χ1) is 13.6. The molecule has 0 unspecified atom stereocenters. The van der Waals surface area contributed by atoms with Gasteiger partial charge in [0.15, 0.2) is 24.4 Å². The Balaban J connectivity index is 2.43. The van der Waals surface area contributed by atoms with E-state index in [1.165, 1.54) is 19.1 Å². The highest BCUT2D eigenvalue weighted by molar-refractivity contribution is 5.84. The summed E-state index contributed by atoms with van der Waals surface area (Å²) >= 11 is 0. The molecule has 2 aliphatic heterocycles. The molecular formula is C18H22O11. The molecule has 0 amide bonds. The number of carbonyl (C=O) groups is 5. The number of ether oxygens (including phenoxy) is 6. The Labute approximate surface area is 166 Å². The number of cyclic esters (lactones) is 1. The van der Waals surface area contributed by atoms with Gasteiger partial charge in [-0.05, 0) is 6.08 Å². The van der Waals surface area contributed by atoms with Crippen LogP contribution >= 0.6 is 0 Å². The van der Waals surface area contributed by atoms with Crippen molar-refractivity contribution in [1.82, 2.24) is 0 Å². The van der Waals surface area contributed by atoms with Crippen LogP contribution in [0.5, 0.6) is 0 Å². The van der Waals surface area contributed by atoms with Crippen LogP contribution in [0.25, 0.3) is 0 Å². The van der Waals surface area contributed by atoms with E-state index in [-0.39, 0.29) is 6.61 Å². The van der Waals surface area contributed by atoms with E-state index in [0.29, 0.717) is 0 Å². The molecule has 11 heteroatoms. The molecule has 0 aromatic heterocycles. The number of rotatable bonds is 6. The lowest BCUT2D eigenvalue weighted by atomic mass is 9.91. The highest BCUT2D eigenvalue weighted by atomic mass is 16.7. The van der Waals surface area contributed by atoms with Crippen molar-refractivity contribution in [3.63, 3.8) is 0 Å². The third-order valence-electron chi connectivity index (χ3n) is 4.02. The third-order valence-corrected chi connectivity index (χ3v) is 4.02. The highest BCUT2D eigenvalue weighted by Gasteiger charge is 2.55. The van der Waals surface area contributed by atoms with Gasteiger partial charge in [0.1, 0.15) is 18.8 Å². The van der Waals surface area contributed by atoms with E-state index in [1.807, 2.05) is 0 Å². The zero-order chi connectivity index (χ0) is 21.7. The summed E-state index contributed by atoms with van der Waals surface area (Å²) in [5.74, 6) is -3.45. The van der Waals surface area contributed by atoms with Gasteiger partial charge in [0, 0.05) is 33.8 Å². The second kappa shape index (κ2) is 9.50. The van der Waals surface area contributed by atoms with Crippen LogP contribution in [0.15, 0.2) is 12.2 Å². The average Bonchev–Trinajstić information content (AvgIpc) is 3.01. The predicted octanol–water partition coefficient (Wildman–Crippen LogP) is -0.406. The van der Waals surface area contributed by atoms with Gasteiger partial charge in [-0.25, -0.2) is 4.79 Å². The monoisotopic (exact) mass is 414 g/mol. The maximum atomic E-state index is 11.7. The fraction of sp³-hybridized carbons (Fsp3) is 0.611. The lowest BCUT2D eigenvalue weighted by Crippen LogP contribution is -2.64. The van der Waals surface area contributed by atoms with Gasteiger partial charge in [-0.3, -0.25) is 19.2 Å². The van der Waals surface area contributed by atoms with Gasteiger partial charge in [0.2, 0.25) is 0 Å². The van der Waals surface area contributed by atoms with Crippen LogP contribution in [-0.4, -0.2) is 73.1 Å². The lowest BCUT2D eigenvalue weighted by Gasteiger charge is -2.45. The van der Waals surface area contributed by atoms with Gasteiger partial charge < -0.3 is 28.4 Å². The summed E-state index contributed by atoms with van der Waals surface area (Å²) in [4.78, 5) is 57.7. The Morgan fingerprint density at radius 2 is 1.41 bits per heavy atom. The van der Waals surface area contributed by atoms with Crippen LogP contribution < -0.4 is 0 Å². The van der Waals surface area contributed by atoms with Gasteiger partial charge in [0.25, 0.3) is 0 Å². The summed E-state index contributed by atoms with van der Waals surface area (Å²) in [6.07, 6.45) is -4.43. The summed E-state index contributed by atoms with van der Waals surface area (Å²) in [5, 5.41) is 0. The van der Waals surface area contributed by atoms with E-state index in [9.17, 15) is 24.0 Å². The van der Waals surface area contributed by atoms with Crippen LogP contribution in [0.2, 0.25) is 0 Å². The summed E-state index contributed by atoms with van der Waals surface area (Å²) in [7, 11) is 0. The second-order valence-electron chi connectivity index (χ2n) is 6.42. The summed E-state index contributed by atoms with van der Waals surface area (Å²) in [6.45, 7) is 4.20. The fourth-order valence-electron chi connectivity index (χ4n) is 3.09. The molecule has 0 aliphatic carbocycles. The Morgan fingerprint density at radius 3 is 1.90 bits per heavy atom. The number of carbonyl (C=O) groups excluding carboxylic acids is 5. The Morgan fingerprint density at radius 1 is 0.862 bits per heavy atom. The van der Waals surface area contributed by atoms with Gasteiger partial charge in [0.05, 0.1) is 0 Å². The van der Waals surface area contributed by atoms with Gasteiger partial charge >= 0.3 is 29.8 Å². The molecule has 0 bridgehead atoms. The Bertz CT molecular complexity index is 713. The molecule has 2 rings (SSSR count). The first kappa shape index (κ1) is 22.3. The number of hydrogen-bond donors (Lipinski definition) is 0. The molecule has 11 nitrogen and oxygen atoms in total. The molecule has 0 radical (unpaired) electrons. The smallest absolute Gasteiger partial charge is 0.331 e. The Hall–Kier alpha value is -2.95. The molecule has 0 N–H and O–H groups in total. The maximum Gasteiger partial charge on any atom is 0.331 e. The van der Waals surface area contributed by atoms with E-state index >= 15 is 0 Å². The van der Waals surface area contributed by atoms with Crippen LogP contribution in [0.3, 0.4) is 0 Å².